The molecule has 5 saturated carbocycles. The van der Waals surface area contributed by atoms with Gasteiger partial charge in [-0.3, -0.25) is 0 Å². The second-order valence-corrected chi connectivity index (χ2v) is 14.6. The minimum Gasteiger partial charge on any atom is -0.385 e. The van der Waals surface area contributed by atoms with Crippen molar-refractivity contribution >= 4 is 12.0 Å². The van der Waals surface area contributed by atoms with Crippen LogP contribution in [0.1, 0.15) is 77.0 Å². The van der Waals surface area contributed by atoms with Crippen molar-refractivity contribution in [1.82, 2.24) is 0 Å². The van der Waals surface area contributed by atoms with E-state index in [1.807, 2.05) is 0 Å². The smallest absolute Gasteiger partial charge is 0.137 e. The van der Waals surface area contributed by atoms with E-state index >= 15 is 0 Å². The van der Waals surface area contributed by atoms with Gasteiger partial charge in [0, 0.05) is 17.6 Å². The first-order chi connectivity index (χ1) is 19.1. The van der Waals surface area contributed by atoms with Crippen molar-refractivity contribution in [2.75, 3.05) is 11.9 Å². The Kier molecular flexibility index (Phi) is 7.02. The van der Waals surface area contributed by atoms with E-state index in [-0.39, 0.29) is 11.5 Å². The summed E-state index contributed by atoms with van der Waals surface area (Å²) in [4.78, 5) is 12.5. The minimum absolute atomic E-state index is 0.00529. The fourth-order valence-corrected chi connectivity index (χ4v) is 11.3. The predicted molar refractivity (Wildman–Crippen MR) is 160 cm³/mol. The van der Waals surface area contributed by atoms with Gasteiger partial charge in [-0.2, -0.15) is 0 Å². The van der Waals surface area contributed by atoms with Crippen molar-refractivity contribution in [3.05, 3.63) is 54.6 Å². The molecular formula is C36H50N2O. The zero-order valence-corrected chi connectivity index (χ0v) is 23.9. The molecule has 0 saturated heterocycles. The van der Waals surface area contributed by atoms with Crippen LogP contribution in [-0.4, -0.2) is 18.9 Å². The molecule has 39 heavy (non-hydrogen) atoms. The van der Waals surface area contributed by atoms with Crippen molar-refractivity contribution in [2.45, 2.75) is 83.1 Å². The SMILES string of the molecule is C=C1CCC2C(C3CC(C4CCCCC4)CC13)C2(C(N)C=O)C1C=CC2CC(CNc3ccccc3)CC2C1. The Morgan fingerprint density at radius 3 is 2.56 bits per heavy atom. The van der Waals surface area contributed by atoms with Gasteiger partial charge in [0.2, 0.25) is 0 Å². The van der Waals surface area contributed by atoms with Crippen LogP contribution in [0.3, 0.4) is 0 Å². The largest absolute Gasteiger partial charge is 0.385 e. The van der Waals surface area contributed by atoms with Crippen LogP contribution in [0.5, 0.6) is 0 Å². The monoisotopic (exact) mass is 526 g/mol. The highest BCUT2D eigenvalue weighted by Gasteiger charge is 2.73. The van der Waals surface area contributed by atoms with Gasteiger partial charge in [-0.25, -0.2) is 0 Å². The van der Waals surface area contributed by atoms with E-state index in [0.29, 0.717) is 35.5 Å². The molecule has 1 aromatic carbocycles. The Hall–Kier alpha value is -1.87. The molecule has 3 N–H and O–H groups in total. The number of aldehydes is 1. The average molecular weight is 527 g/mol. The summed E-state index contributed by atoms with van der Waals surface area (Å²) in [6.07, 6.45) is 22.4. The number of hydrogen-bond acceptors (Lipinski definition) is 3. The van der Waals surface area contributed by atoms with E-state index in [4.69, 9.17) is 5.73 Å². The molecule has 210 valence electrons. The molecule has 1 aromatic rings. The minimum atomic E-state index is -0.323. The van der Waals surface area contributed by atoms with Crippen LogP contribution in [0, 0.1) is 64.6 Å². The van der Waals surface area contributed by atoms with Crippen LogP contribution in [0.25, 0.3) is 0 Å². The van der Waals surface area contributed by atoms with Gasteiger partial charge in [-0.15, -0.1) is 0 Å². The number of carbonyl (C=O) groups is 1. The number of fused-ring (bicyclic) bond motifs is 4. The van der Waals surface area contributed by atoms with E-state index in [1.165, 1.54) is 81.9 Å². The fourth-order valence-electron chi connectivity index (χ4n) is 11.3. The summed E-state index contributed by atoms with van der Waals surface area (Å²) < 4.78 is 0. The number of nitrogens with two attached hydrogens (primary N) is 1. The maximum Gasteiger partial charge on any atom is 0.137 e. The quantitative estimate of drug-likeness (QED) is 0.283. The van der Waals surface area contributed by atoms with Crippen molar-refractivity contribution in [1.29, 1.82) is 0 Å². The molecule has 0 radical (unpaired) electrons. The van der Waals surface area contributed by atoms with Crippen LogP contribution in [0.2, 0.25) is 0 Å². The number of benzene rings is 1. The zero-order chi connectivity index (χ0) is 26.6. The van der Waals surface area contributed by atoms with E-state index in [9.17, 15) is 4.79 Å². The molecular weight excluding hydrogens is 476 g/mol. The fraction of sp³-hybridized carbons (Fsp3) is 0.694. The maximum atomic E-state index is 12.5. The number of nitrogens with one attached hydrogen (secondary N) is 1. The van der Waals surface area contributed by atoms with Crippen LogP contribution < -0.4 is 11.1 Å². The normalized spacial score (nSPS) is 44.1. The summed E-state index contributed by atoms with van der Waals surface area (Å²) in [6.45, 7) is 5.71. The molecule has 3 nitrogen and oxygen atoms in total. The predicted octanol–water partition coefficient (Wildman–Crippen LogP) is 7.65. The van der Waals surface area contributed by atoms with Gasteiger partial charge in [0.25, 0.3) is 0 Å². The third kappa shape index (κ3) is 4.46. The van der Waals surface area contributed by atoms with Crippen LogP contribution >= 0.6 is 0 Å². The van der Waals surface area contributed by atoms with Gasteiger partial charge in [0.1, 0.15) is 6.29 Å². The zero-order valence-electron chi connectivity index (χ0n) is 23.9. The number of anilines is 1. The molecule has 11 atom stereocenters. The Balaban J connectivity index is 1.08. The second kappa shape index (κ2) is 10.5. The molecule has 0 heterocycles. The lowest BCUT2D eigenvalue weighted by Crippen LogP contribution is -2.43. The highest BCUT2D eigenvalue weighted by Crippen LogP contribution is 2.76. The molecule has 6 aliphatic carbocycles. The summed E-state index contributed by atoms with van der Waals surface area (Å²) in [5.74, 6) is 7.06. The lowest BCUT2D eigenvalue weighted by Gasteiger charge is -2.38. The van der Waals surface area contributed by atoms with E-state index < -0.39 is 0 Å². The lowest BCUT2D eigenvalue weighted by atomic mass is 9.67. The van der Waals surface area contributed by atoms with Crippen molar-refractivity contribution in [3.63, 3.8) is 0 Å². The summed E-state index contributed by atoms with van der Waals surface area (Å²) in [5, 5.41) is 3.69. The molecule has 0 bridgehead atoms. The first-order valence-electron chi connectivity index (χ1n) is 16.4. The highest BCUT2D eigenvalue weighted by atomic mass is 16.1. The van der Waals surface area contributed by atoms with E-state index in [2.05, 4.69) is 54.4 Å². The molecule has 0 aliphatic heterocycles. The molecule has 6 aliphatic rings. The molecule has 0 amide bonds. The summed E-state index contributed by atoms with van der Waals surface area (Å²) >= 11 is 0. The van der Waals surface area contributed by atoms with Gasteiger partial charge in [-0.1, -0.05) is 74.6 Å². The first-order valence-corrected chi connectivity index (χ1v) is 16.4. The van der Waals surface area contributed by atoms with E-state index in [0.717, 1.165) is 42.9 Å². The maximum absolute atomic E-state index is 12.5. The lowest BCUT2D eigenvalue weighted by molar-refractivity contribution is -0.111. The van der Waals surface area contributed by atoms with Crippen LogP contribution in [0.4, 0.5) is 5.69 Å². The number of allylic oxidation sites excluding steroid dienone is 3. The number of rotatable bonds is 7. The van der Waals surface area contributed by atoms with Gasteiger partial charge >= 0.3 is 0 Å². The second-order valence-electron chi connectivity index (χ2n) is 14.6. The van der Waals surface area contributed by atoms with Crippen LogP contribution in [-0.2, 0) is 4.79 Å². The third-order valence-corrected chi connectivity index (χ3v) is 13.0. The van der Waals surface area contributed by atoms with Crippen molar-refractivity contribution in [2.24, 2.45) is 70.3 Å². The molecule has 0 spiro atoms. The summed E-state index contributed by atoms with van der Waals surface area (Å²) in [6, 6.07) is 10.3. The summed E-state index contributed by atoms with van der Waals surface area (Å²) in [5.41, 5.74) is 9.65. The number of hydrogen-bond donors (Lipinski definition) is 2. The van der Waals surface area contributed by atoms with Gasteiger partial charge in [-0.05, 0) is 116 Å². The summed E-state index contributed by atoms with van der Waals surface area (Å²) in [7, 11) is 0. The van der Waals surface area contributed by atoms with E-state index in [1.54, 1.807) is 0 Å². The van der Waals surface area contributed by atoms with Crippen molar-refractivity contribution < 1.29 is 4.79 Å². The van der Waals surface area contributed by atoms with Gasteiger partial charge < -0.3 is 15.8 Å². The number of carbonyl (C=O) groups excluding carboxylic acids is 1. The molecule has 7 rings (SSSR count). The number of para-hydroxylation sites is 1. The van der Waals surface area contributed by atoms with Gasteiger partial charge in [0.05, 0.1) is 6.04 Å². The molecule has 3 heteroatoms. The average Bonchev–Trinajstić information content (AvgIpc) is 3.26. The van der Waals surface area contributed by atoms with Gasteiger partial charge in [0.15, 0.2) is 0 Å². The standard InChI is InChI=1S/C36H50N2O/c1-23-12-15-33-35(32-20-28(19-31(23)32)25-8-4-2-5-9-25)36(33,34(37)22-39)29-14-13-26-16-24(17-27(26)18-29)21-38-30-10-6-3-7-11-30/h3,6-7,10-11,13-14,22,24-29,31-35,38H,1-2,4-5,8-9,12,15-21,37H2. The molecule has 11 unspecified atom stereocenters. The highest BCUT2D eigenvalue weighted by molar-refractivity contribution is 5.61. The molecule has 5 fully saturated rings. The van der Waals surface area contributed by atoms with Crippen LogP contribution in [0.15, 0.2) is 54.6 Å². The Bertz CT molecular complexity index is 1070. The molecule has 0 aromatic heterocycles. The first kappa shape index (κ1) is 26.1. The topological polar surface area (TPSA) is 55.1 Å². The Morgan fingerprint density at radius 2 is 1.77 bits per heavy atom. The Labute approximate surface area is 236 Å². The Morgan fingerprint density at radius 1 is 0.949 bits per heavy atom. The van der Waals surface area contributed by atoms with Crippen molar-refractivity contribution in [3.8, 4) is 0 Å². The third-order valence-electron chi connectivity index (χ3n) is 13.0.